The molecule has 2 aliphatic rings. The summed E-state index contributed by atoms with van der Waals surface area (Å²) in [7, 11) is 0. The van der Waals surface area contributed by atoms with Gasteiger partial charge < -0.3 is 15.2 Å². The van der Waals surface area contributed by atoms with Crippen LogP contribution in [0.25, 0.3) is 0 Å². The van der Waals surface area contributed by atoms with Crippen LogP contribution < -0.4 is 10.5 Å². The Balaban J connectivity index is 1.48. The van der Waals surface area contributed by atoms with Crippen molar-refractivity contribution in [3.05, 3.63) is 29.8 Å². The van der Waals surface area contributed by atoms with Crippen LogP contribution in [0.2, 0.25) is 0 Å². The lowest BCUT2D eigenvalue weighted by Crippen LogP contribution is -2.27. The molecule has 1 aliphatic carbocycles. The minimum Gasteiger partial charge on any atom is -0.491 e. The van der Waals surface area contributed by atoms with Crippen molar-refractivity contribution >= 4 is 17.2 Å². The lowest BCUT2D eigenvalue weighted by atomic mass is 9.98. The zero-order valence-electron chi connectivity index (χ0n) is 12.3. The van der Waals surface area contributed by atoms with Crippen molar-refractivity contribution in [2.45, 2.75) is 56.7 Å². The molecular formula is C17H23NO2S. The molecule has 1 saturated carbocycles. The number of hydrogen-bond donors (Lipinski definition) is 1. The summed E-state index contributed by atoms with van der Waals surface area (Å²) in [6.45, 7) is 0.649. The molecule has 3 nitrogen and oxygen atoms in total. The van der Waals surface area contributed by atoms with E-state index in [-0.39, 0.29) is 11.7 Å². The quantitative estimate of drug-likeness (QED) is 0.847. The molecule has 0 radical (unpaired) electrons. The smallest absolute Gasteiger partial charge is 0.119 e. The van der Waals surface area contributed by atoms with E-state index < -0.39 is 0 Å². The first-order valence-electron chi connectivity index (χ1n) is 7.83. The van der Waals surface area contributed by atoms with Gasteiger partial charge >= 0.3 is 0 Å². The zero-order valence-corrected chi connectivity index (χ0v) is 13.2. The lowest BCUT2D eigenvalue weighted by molar-refractivity contribution is -0.0508. The van der Waals surface area contributed by atoms with E-state index in [0.717, 1.165) is 17.7 Å². The molecule has 1 unspecified atom stereocenters. The first-order valence-corrected chi connectivity index (χ1v) is 8.24. The predicted octanol–water partition coefficient (Wildman–Crippen LogP) is 3.39. The van der Waals surface area contributed by atoms with Crippen LogP contribution in [0.15, 0.2) is 24.3 Å². The molecular weight excluding hydrogens is 282 g/mol. The molecule has 1 saturated heterocycles. The van der Waals surface area contributed by atoms with Crippen LogP contribution in [0.4, 0.5) is 0 Å². The van der Waals surface area contributed by atoms with Crippen molar-refractivity contribution in [2.75, 3.05) is 6.61 Å². The van der Waals surface area contributed by atoms with Gasteiger partial charge in [-0.1, -0.05) is 37.2 Å². The Bertz CT molecular complexity index is 494. The van der Waals surface area contributed by atoms with Gasteiger partial charge in [0.15, 0.2) is 0 Å². The summed E-state index contributed by atoms with van der Waals surface area (Å²) in [6, 6.07) is 7.99. The first-order chi connectivity index (χ1) is 10.2. The molecule has 114 valence electrons. The van der Waals surface area contributed by atoms with E-state index in [1.807, 2.05) is 24.3 Å². The summed E-state index contributed by atoms with van der Waals surface area (Å²) in [4.78, 5) is 0.518. The Morgan fingerprint density at radius 2 is 1.95 bits per heavy atom. The van der Waals surface area contributed by atoms with Crippen LogP contribution in [0.1, 0.15) is 44.1 Å². The minimum absolute atomic E-state index is 0.189. The van der Waals surface area contributed by atoms with E-state index in [4.69, 9.17) is 27.4 Å². The highest BCUT2D eigenvalue weighted by molar-refractivity contribution is 7.80. The van der Waals surface area contributed by atoms with Gasteiger partial charge in [-0.2, -0.15) is 0 Å². The number of rotatable bonds is 5. The predicted molar refractivity (Wildman–Crippen MR) is 87.7 cm³/mol. The standard InChI is InChI=1S/C17H23NO2S/c18-16(21)11-13-3-5-14(6-4-13)19-12-15-7-10-17(20-15)8-1-2-9-17/h3-6,15H,1-2,7-12H2,(H2,18,21). The van der Waals surface area contributed by atoms with Gasteiger partial charge in [-0.25, -0.2) is 0 Å². The summed E-state index contributed by atoms with van der Waals surface area (Å²) in [6.07, 6.45) is 8.32. The zero-order chi connectivity index (χ0) is 14.7. The van der Waals surface area contributed by atoms with E-state index in [2.05, 4.69) is 0 Å². The molecule has 4 heteroatoms. The van der Waals surface area contributed by atoms with Crippen molar-refractivity contribution in [3.8, 4) is 5.75 Å². The molecule has 2 fully saturated rings. The van der Waals surface area contributed by atoms with Crippen LogP contribution in [0, 0.1) is 0 Å². The maximum Gasteiger partial charge on any atom is 0.119 e. The van der Waals surface area contributed by atoms with Crippen molar-refractivity contribution in [1.29, 1.82) is 0 Å². The number of thiocarbonyl (C=S) groups is 1. The molecule has 1 heterocycles. The molecule has 21 heavy (non-hydrogen) atoms. The fraction of sp³-hybridized carbons (Fsp3) is 0.588. The van der Waals surface area contributed by atoms with Gasteiger partial charge in [0, 0.05) is 6.42 Å². The summed E-state index contributed by atoms with van der Waals surface area (Å²) in [5.41, 5.74) is 6.86. The molecule has 2 N–H and O–H groups in total. The average Bonchev–Trinajstić information content (AvgIpc) is 3.08. The van der Waals surface area contributed by atoms with E-state index in [9.17, 15) is 0 Å². The third-order valence-corrected chi connectivity index (χ3v) is 4.74. The number of nitrogens with two attached hydrogens (primary N) is 1. The van der Waals surface area contributed by atoms with Crippen molar-refractivity contribution < 1.29 is 9.47 Å². The highest BCUT2D eigenvalue weighted by Gasteiger charge is 2.42. The maximum absolute atomic E-state index is 6.25. The van der Waals surface area contributed by atoms with Gasteiger partial charge in [0.05, 0.1) is 16.7 Å². The topological polar surface area (TPSA) is 44.5 Å². The maximum atomic E-state index is 6.25. The van der Waals surface area contributed by atoms with Gasteiger partial charge in [0.25, 0.3) is 0 Å². The normalized spacial score (nSPS) is 23.5. The lowest BCUT2D eigenvalue weighted by Gasteiger charge is -2.23. The number of hydrogen-bond acceptors (Lipinski definition) is 3. The fourth-order valence-corrected chi connectivity index (χ4v) is 3.66. The summed E-state index contributed by atoms with van der Waals surface area (Å²) in [5.74, 6) is 0.887. The minimum atomic E-state index is 0.189. The van der Waals surface area contributed by atoms with Crippen molar-refractivity contribution in [1.82, 2.24) is 0 Å². The van der Waals surface area contributed by atoms with Crippen LogP contribution >= 0.6 is 12.2 Å². The highest BCUT2D eigenvalue weighted by atomic mass is 32.1. The van der Waals surface area contributed by atoms with Gasteiger partial charge in [-0.3, -0.25) is 0 Å². The SMILES string of the molecule is NC(=S)Cc1ccc(OCC2CCC3(CCCC3)O2)cc1. The fourth-order valence-electron chi connectivity index (χ4n) is 3.49. The van der Waals surface area contributed by atoms with E-state index >= 15 is 0 Å². The molecule has 0 aromatic heterocycles. The van der Waals surface area contributed by atoms with E-state index in [0.29, 0.717) is 18.0 Å². The Morgan fingerprint density at radius 3 is 2.62 bits per heavy atom. The summed E-state index contributed by atoms with van der Waals surface area (Å²) in [5, 5.41) is 0. The van der Waals surface area contributed by atoms with E-state index in [1.54, 1.807) is 0 Å². The Morgan fingerprint density at radius 1 is 1.24 bits per heavy atom. The van der Waals surface area contributed by atoms with Crippen molar-refractivity contribution in [2.24, 2.45) is 5.73 Å². The average molecular weight is 305 g/mol. The van der Waals surface area contributed by atoms with Gasteiger partial charge in [0.1, 0.15) is 12.4 Å². The second kappa shape index (κ2) is 6.32. The summed E-state index contributed by atoms with van der Waals surface area (Å²) < 4.78 is 12.1. The summed E-state index contributed by atoms with van der Waals surface area (Å²) >= 11 is 4.91. The Labute approximate surface area is 131 Å². The van der Waals surface area contributed by atoms with Crippen molar-refractivity contribution in [3.63, 3.8) is 0 Å². The van der Waals surface area contributed by atoms with Crippen LogP contribution in [-0.4, -0.2) is 23.3 Å². The second-order valence-corrected chi connectivity index (χ2v) is 6.79. The van der Waals surface area contributed by atoms with Crippen LogP contribution in [0.5, 0.6) is 5.75 Å². The van der Waals surface area contributed by atoms with Crippen LogP contribution in [-0.2, 0) is 11.2 Å². The molecule has 0 bridgehead atoms. The molecule has 1 aliphatic heterocycles. The highest BCUT2D eigenvalue weighted by Crippen LogP contribution is 2.43. The molecule has 1 aromatic rings. The first kappa shape index (κ1) is 14.8. The number of ether oxygens (including phenoxy) is 2. The monoisotopic (exact) mass is 305 g/mol. The second-order valence-electron chi connectivity index (χ2n) is 6.27. The van der Waals surface area contributed by atoms with Gasteiger partial charge in [0.2, 0.25) is 0 Å². The Kier molecular flexibility index (Phi) is 4.45. The molecule has 1 spiro atoms. The molecule has 0 amide bonds. The Hall–Kier alpha value is -1.13. The van der Waals surface area contributed by atoms with Crippen LogP contribution in [0.3, 0.4) is 0 Å². The van der Waals surface area contributed by atoms with Gasteiger partial charge in [-0.15, -0.1) is 0 Å². The van der Waals surface area contributed by atoms with Gasteiger partial charge in [-0.05, 0) is 43.4 Å². The molecule has 3 rings (SSSR count). The molecule has 1 aromatic carbocycles. The third kappa shape index (κ3) is 3.74. The molecule has 1 atom stereocenters. The van der Waals surface area contributed by atoms with E-state index in [1.165, 1.54) is 32.1 Å². The number of benzene rings is 1. The third-order valence-electron chi connectivity index (χ3n) is 4.59. The largest absolute Gasteiger partial charge is 0.491 e.